The van der Waals surface area contributed by atoms with Gasteiger partial charge in [-0.1, -0.05) is 60.7 Å². The van der Waals surface area contributed by atoms with Crippen molar-refractivity contribution in [2.24, 2.45) is 0 Å². The van der Waals surface area contributed by atoms with Crippen LogP contribution in [0.1, 0.15) is 45.2 Å². The van der Waals surface area contributed by atoms with Gasteiger partial charge in [-0.3, -0.25) is 14.6 Å². The Hall–Kier alpha value is -3.33. The molecule has 7 nitrogen and oxygen atoms in total. The predicted molar refractivity (Wildman–Crippen MR) is 143 cm³/mol. The van der Waals surface area contributed by atoms with Crippen LogP contribution >= 0.6 is 11.3 Å². The lowest BCUT2D eigenvalue weighted by Crippen LogP contribution is -2.47. The topological polar surface area (TPSA) is 78.5 Å². The van der Waals surface area contributed by atoms with Crippen LogP contribution in [0.3, 0.4) is 0 Å². The normalized spacial score (nSPS) is 15.0. The number of carbonyl (C=O) groups excluding carboxylic acids is 1. The molecule has 186 valence electrons. The standard InChI is InChI=1S/C28H30N4O3S/c1-3-35-28(34)25-19(2)23-26(33)29-22(30-27(23)36-25)18-31-14-16-32(17-15-31)24(20-10-6-4-7-11-20)21-12-8-5-9-13-21/h4-13,24H,3,14-18H2,1-2H3,(H,29,30,33). The lowest BCUT2D eigenvalue weighted by molar-refractivity contribution is 0.0531. The third-order valence-electron chi connectivity index (χ3n) is 6.69. The number of H-pyrrole nitrogens is 1. The Labute approximate surface area is 214 Å². The second kappa shape index (κ2) is 10.7. The third-order valence-corrected chi connectivity index (χ3v) is 7.85. The zero-order valence-electron chi connectivity index (χ0n) is 20.6. The van der Waals surface area contributed by atoms with Crippen molar-refractivity contribution in [3.8, 4) is 0 Å². The van der Waals surface area contributed by atoms with Crippen molar-refractivity contribution in [2.75, 3.05) is 32.8 Å². The highest BCUT2D eigenvalue weighted by Gasteiger charge is 2.27. The number of hydrogen-bond acceptors (Lipinski definition) is 7. The second-order valence-electron chi connectivity index (χ2n) is 9.01. The Morgan fingerprint density at radius 1 is 1.03 bits per heavy atom. The van der Waals surface area contributed by atoms with Gasteiger partial charge < -0.3 is 9.72 Å². The van der Waals surface area contributed by atoms with Crippen LogP contribution in [-0.2, 0) is 11.3 Å². The SMILES string of the molecule is CCOC(=O)c1sc2nc(CN3CCN(C(c4ccccc4)c4ccccc4)CC3)[nH]c(=O)c2c1C. The maximum Gasteiger partial charge on any atom is 0.348 e. The minimum absolute atomic E-state index is 0.203. The number of thiophene rings is 1. The van der Waals surface area contributed by atoms with Crippen molar-refractivity contribution in [3.05, 3.63) is 98.4 Å². The monoisotopic (exact) mass is 502 g/mol. The number of esters is 1. The first-order chi connectivity index (χ1) is 17.5. The quantitative estimate of drug-likeness (QED) is 0.378. The maximum absolute atomic E-state index is 12.8. The van der Waals surface area contributed by atoms with Crippen LogP contribution < -0.4 is 5.56 Å². The summed E-state index contributed by atoms with van der Waals surface area (Å²) in [6.45, 7) is 7.96. The molecular formula is C28H30N4O3S. The van der Waals surface area contributed by atoms with Gasteiger partial charge in [-0.2, -0.15) is 0 Å². The van der Waals surface area contributed by atoms with Crippen molar-refractivity contribution in [2.45, 2.75) is 26.4 Å². The van der Waals surface area contributed by atoms with E-state index in [2.05, 4.69) is 75.4 Å². The van der Waals surface area contributed by atoms with E-state index < -0.39 is 5.97 Å². The van der Waals surface area contributed by atoms with E-state index in [0.717, 1.165) is 26.2 Å². The Bertz CT molecular complexity index is 1350. The van der Waals surface area contributed by atoms with Gasteiger partial charge in [0, 0.05) is 26.2 Å². The molecule has 0 amide bonds. The molecule has 5 rings (SSSR count). The summed E-state index contributed by atoms with van der Waals surface area (Å²) in [5.41, 5.74) is 3.01. The fraction of sp³-hybridized carbons (Fsp3) is 0.321. The van der Waals surface area contributed by atoms with Crippen LogP contribution in [0, 0.1) is 6.92 Å². The molecule has 0 radical (unpaired) electrons. The van der Waals surface area contributed by atoms with Gasteiger partial charge in [-0.05, 0) is 30.5 Å². The van der Waals surface area contributed by atoms with Crippen molar-refractivity contribution >= 4 is 27.5 Å². The zero-order chi connectivity index (χ0) is 25.1. The number of aryl methyl sites for hydroxylation is 1. The van der Waals surface area contributed by atoms with E-state index in [1.807, 2.05) is 0 Å². The lowest BCUT2D eigenvalue weighted by Gasteiger charge is -2.39. The molecule has 1 aliphatic heterocycles. The number of aromatic nitrogens is 2. The minimum Gasteiger partial charge on any atom is -0.462 e. The van der Waals surface area contributed by atoms with Gasteiger partial charge in [0.15, 0.2) is 0 Å². The first kappa shape index (κ1) is 24.4. The molecule has 36 heavy (non-hydrogen) atoms. The average Bonchev–Trinajstić information content (AvgIpc) is 3.23. The number of hydrogen-bond donors (Lipinski definition) is 1. The van der Waals surface area contributed by atoms with Crippen LogP contribution in [0.2, 0.25) is 0 Å². The molecule has 3 heterocycles. The smallest absolute Gasteiger partial charge is 0.348 e. The van der Waals surface area contributed by atoms with Crippen molar-refractivity contribution in [3.63, 3.8) is 0 Å². The first-order valence-electron chi connectivity index (χ1n) is 12.3. The summed E-state index contributed by atoms with van der Waals surface area (Å²) in [7, 11) is 0. The van der Waals surface area contributed by atoms with Gasteiger partial charge in [0.05, 0.1) is 24.6 Å². The fourth-order valence-corrected chi connectivity index (χ4v) is 6.03. The highest BCUT2D eigenvalue weighted by Crippen LogP contribution is 2.30. The summed E-state index contributed by atoms with van der Waals surface area (Å²) in [6.07, 6.45) is 0. The zero-order valence-corrected chi connectivity index (χ0v) is 21.4. The van der Waals surface area contributed by atoms with E-state index in [0.29, 0.717) is 39.6 Å². The van der Waals surface area contributed by atoms with Crippen LogP contribution in [-0.4, -0.2) is 58.5 Å². The van der Waals surface area contributed by atoms with E-state index in [1.165, 1.54) is 22.5 Å². The number of nitrogens with zero attached hydrogens (tertiary/aromatic N) is 3. The summed E-state index contributed by atoms with van der Waals surface area (Å²) in [5, 5.41) is 0.477. The van der Waals surface area contributed by atoms with Crippen molar-refractivity contribution in [1.29, 1.82) is 0 Å². The van der Waals surface area contributed by atoms with Crippen LogP contribution in [0.25, 0.3) is 10.2 Å². The molecule has 0 saturated carbocycles. The number of ether oxygens (including phenoxy) is 1. The molecule has 0 aliphatic carbocycles. The molecule has 1 N–H and O–H groups in total. The van der Waals surface area contributed by atoms with Gasteiger partial charge >= 0.3 is 5.97 Å². The molecule has 0 bridgehead atoms. The molecule has 1 aliphatic rings. The number of aromatic amines is 1. The molecule has 0 atom stereocenters. The molecule has 0 spiro atoms. The Morgan fingerprint density at radius 2 is 1.64 bits per heavy atom. The molecular weight excluding hydrogens is 472 g/mol. The molecule has 1 saturated heterocycles. The highest BCUT2D eigenvalue weighted by molar-refractivity contribution is 7.20. The summed E-state index contributed by atoms with van der Waals surface area (Å²) in [6, 6.07) is 21.5. The molecule has 2 aromatic heterocycles. The van der Waals surface area contributed by atoms with Gasteiger partial charge in [-0.25, -0.2) is 9.78 Å². The number of benzene rings is 2. The largest absolute Gasteiger partial charge is 0.462 e. The van der Waals surface area contributed by atoms with E-state index >= 15 is 0 Å². The van der Waals surface area contributed by atoms with Crippen molar-refractivity contribution < 1.29 is 9.53 Å². The van der Waals surface area contributed by atoms with Gasteiger partial charge in [0.25, 0.3) is 5.56 Å². The van der Waals surface area contributed by atoms with Crippen LogP contribution in [0.15, 0.2) is 65.5 Å². The lowest BCUT2D eigenvalue weighted by atomic mass is 9.96. The molecule has 0 unspecified atom stereocenters. The number of carbonyl (C=O) groups is 1. The number of piperazine rings is 1. The average molecular weight is 503 g/mol. The number of fused-ring (bicyclic) bond motifs is 1. The van der Waals surface area contributed by atoms with Gasteiger partial charge in [0.2, 0.25) is 0 Å². The summed E-state index contributed by atoms with van der Waals surface area (Å²) in [5.74, 6) is 0.224. The summed E-state index contributed by atoms with van der Waals surface area (Å²) < 4.78 is 5.14. The molecule has 2 aromatic carbocycles. The first-order valence-corrected chi connectivity index (χ1v) is 13.1. The third kappa shape index (κ3) is 4.97. The van der Waals surface area contributed by atoms with E-state index in [1.54, 1.807) is 13.8 Å². The van der Waals surface area contributed by atoms with E-state index in [9.17, 15) is 9.59 Å². The van der Waals surface area contributed by atoms with Crippen molar-refractivity contribution in [1.82, 2.24) is 19.8 Å². The molecule has 8 heteroatoms. The van der Waals surface area contributed by atoms with Crippen LogP contribution in [0.4, 0.5) is 0 Å². The minimum atomic E-state index is -0.401. The molecule has 1 fully saturated rings. The number of rotatable bonds is 7. The van der Waals surface area contributed by atoms with E-state index in [-0.39, 0.29) is 11.6 Å². The predicted octanol–water partition coefficient (Wildman–Crippen LogP) is 4.38. The second-order valence-corrected chi connectivity index (χ2v) is 10.0. The number of nitrogens with one attached hydrogen (secondary N) is 1. The van der Waals surface area contributed by atoms with Gasteiger partial charge in [0.1, 0.15) is 15.5 Å². The van der Waals surface area contributed by atoms with E-state index in [4.69, 9.17) is 9.72 Å². The fourth-order valence-electron chi connectivity index (χ4n) is 4.93. The van der Waals surface area contributed by atoms with Gasteiger partial charge in [-0.15, -0.1) is 11.3 Å². The maximum atomic E-state index is 12.8. The summed E-state index contributed by atoms with van der Waals surface area (Å²) >= 11 is 1.23. The summed E-state index contributed by atoms with van der Waals surface area (Å²) in [4.78, 5) is 38.6. The Balaban J connectivity index is 1.31. The van der Waals surface area contributed by atoms with Crippen LogP contribution in [0.5, 0.6) is 0 Å². The Morgan fingerprint density at radius 3 is 2.22 bits per heavy atom. The Kier molecular flexibility index (Phi) is 7.27. The molecule has 4 aromatic rings. The highest BCUT2D eigenvalue weighted by atomic mass is 32.1.